The predicted molar refractivity (Wildman–Crippen MR) is 154 cm³/mol. The number of ether oxygens (including phenoxy) is 2. The molecule has 0 aliphatic heterocycles. The third-order valence-electron chi connectivity index (χ3n) is 6.29. The van der Waals surface area contributed by atoms with Crippen LogP contribution in [0, 0.1) is 0 Å². The van der Waals surface area contributed by atoms with E-state index < -0.39 is 11.9 Å². The summed E-state index contributed by atoms with van der Waals surface area (Å²) in [6.45, 7) is -0.270. The maximum atomic E-state index is 12.8. The number of benzene rings is 5. The largest absolute Gasteiger partial charge is 0.497 e. The zero-order valence-corrected chi connectivity index (χ0v) is 21.6. The summed E-state index contributed by atoms with van der Waals surface area (Å²) in [4.78, 5) is 38.0. The summed E-state index contributed by atoms with van der Waals surface area (Å²) in [5, 5.41) is 10.1. The average molecular weight is 532 g/mol. The van der Waals surface area contributed by atoms with Crippen molar-refractivity contribution < 1.29 is 23.9 Å². The topological polar surface area (TPSA) is 106 Å². The Labute approximate surface area is 230 Å². The summed E-state index contributed by atoms with van der Waals surface area (Å²) in [6, 6.07) is 30.6. The Hall–Kier alpha value is -5.50. The normalized spacial score (nSPS) is 10.9. The third-order valence-corrected chi connectivity index (χ3v) is 6.29. The summed E-state index contributed by atoms with van der Waals surface area (Å²) in [5.41, 5.74) is 3.77. The molecule has 0 radical (unpaired) electrons. The van der Waals surface area contributed by atoms with Gasteiger partial charge in [-0.15, -0.1) is 0 Å². The van der Waals surface area contributed by atoms with E-state index in [2.05, 4.69) is 15.8 Å². The minimum absolute atomic E-state index is 0.270. The van der Waals surface area contributed by atoms with Crippen molar-refractivity contribution >= 4 is 45.5 Å². The number of esters is 1. The highest BCUT2D eigenvalue weighted by Gasteiger charge is 2.14. The minimum atomic E-state index is -0.548. The van der Waals surface area contributed by atoms with Gasteiger partial charge in [0.15, 0.2) is 0 Å². The van der Waals surface area contributed by atoms with E-state index in [1.807, 2.05) is 60.7 Å². The Morgan fingerprint density at radius 1 is 0.775 bits per heavy atom. The highest BCUT2D eigenvalue weighted by atomic mass is 16.5. The number of amides is 2. The third kappa shape index (κ3) is 5.81. The van der Waals surface area contributed by atoms with Crippen molar-refractivity contribution in [3.05, 3.63) is 120 Å². The minimum Gasteiger partial charge on any atom is -0.497 e. The lowest BCUT2D eigenvalue weighted by molar-refractivity contribution is -0.120. The van der Waals surface area contributed by atoms with Crippen molar-refractivity contribution in [3.8, 4) is 11.5 Å². The Bertz CT molecular complexity index is 1740. The number of carbonyl (C=O) groups excluding carboxylic acids is 3. The van der Waals surface area contributed by atoms with E-state index in [1.165, 1.54) is 6.21 Å². The second kappa shape index (κ2) is 11.9. The van der Waals surface area contributed by atoms with Crippen LogP contribution in [0.25, 0.3) is 21.5 Å². The van der Waals surface area contributed by atoms with Gasteiger partial charge in [-0.2, -0.15) is 5.10 Å². The molecule has 0 fully saturated rings. The zero-order chi connectivity index (χ0) is 27.9. The van der Waals surface area contributed by atoms with Crippen LogP contribution in [0.15, 0.2) is 108 Å². The number of hydrogen-bond acceptors (Lipinski definition) is 6. The maximum absolute atomic E-state index is 12.8. The number of nitrogens with one attached hydrogen (secondary N) is 2. The van der Waals surface area contributed by atoms with E-state index in [-0.39, 0.29) is 18.2 Å². The van der Waals surface area contributed by atoms with Gasteiger partial charge in [-0.25, -0.2) is 10.2 Å². The Morgan fingerprint density at radius 2 is 1.45 bits per heavy atom. The smallest absolute Gasteiger partial charge is 0.343 e. The van der Waals surface area contributed by atoms with Crippen molar-refractivity contribution in [1.29, 1.82) is 0 Å². The first-order valence-corrected chi connectivity index (χ1v) is 12.5. The van der Waals surface area contributed by atoms with E-state index in [0.717, 1.165) is 21.5 Å². The van der Waals surface area contributed by atoms with Gasteiger partial charge in [0.2, 0.25) is 0 Å². The summed E-state index contributed by atoms with van der Waals surface area (Å²) in [5.74, 6) is -0.520. The number of hydrazone groups is 1. The fourth-order valence-corrected chi connectivity index (χ4v) is 4.27. The maximum Gasteiger partial charge on any atom is 0.343 e. The van der Waals surface area contributed by atoms with Gasteiger partial charge in [-0.05, 0) is 57.9 Å². The molecule has 0 aromatic heterocycles. The van der Waals surface area contributed by atoms with Crippen molar-refractivity contribution in [2.75, 3.05) is 13.7 Å². The molecule has 8 nitrogen and oxygen atoms in total. The molecule has 0 aliphatic rings. The number of methoxy groups -OCH3 is 1. The molecule has 2 N–H and O–H groups in total. The molecule has 0 atom stereocenters. The monoisotopic (exact) mass is 531 g/mol. The second-order valence-corrected chi connectivity index (χ2v) is 8.82. The lowest BCUT2D eigenvalue weighted by atomic mass is 10.0. The second-order valence-electron chi connectivity index (χ2n) is 8.82. The average Bonchev–Trinajstić information content (AvgIpc) is 3.00. The lowest BCUT2D eigenvalue weighted by Gasteiger charge is -2.11. The molecule has 0 unspecified atom stereocenters. The van der Waals surface area contributed by atoms with Gasteiger partial charge in [-0.1, -0.05) is 66.7 Å². The molecule has 0 heterocycles. The molecular formula is C32H25N3O5. The van der Waals surface area contributed by atoms with Gasteiger partial charge in [0, 0.05) is 11.1 Å². The molecule has 0 saturated carbocycles. The number of carbonyl (C=O) groups is 3. The fourth-order valence-electron chi connectivity index (χ4n) is 4.27. The number of fused-ring (bicyclic) bond motifs is 2. The molecule has 198 valence electrons. The first-order chi connectivity index (χ1) is 19.5. The van der Waals surface area contributed by atoms with E-state index in [9.17, 15) is 14.4 Å². The quantitative estimate of drug-likeness (QED) is 0.125. The Kier molecular flexibility index (Phi) is 7.78. The van der Waals surface area contributed by atoms with Gasteiger partial charge in [0.1, 0.15) is 11.5 Å². The van der Waals surface area contributed by atoms with Crippen LogP contribution in [0.3, 0.4) is 0 Å². The first kappa shape index (κ1) is 26.1. The van der Waals surface area contributed by atoms with Crippen LogP contribution in [-0.2, 0) is 4.79 Å². The molecule has 5 aromatic carbocycles. The lowest BCUT2D eigenvalue weighted by Crippen LogP contribution is -2.35. The van der Waals surface area contributed by atoms with Gasteiger partial charge < -0.3 is 14.8 Å². The number of rotatable bonds is 8. The number of hydrogen-bond donors (Lipinski definition) is 2. The van der Waals surface area contributed by atoms with E-state index in [1.54, 1.807) is 49.6 Å². The van der Waals surface area contributed by atoms with E-state index in [0.29, 0.717) is 22.4 Å². The molecule has 0 aliphatic carbocycles. The van der Waals surface area contributed by atoms with Crippen LogP contribution in [0.4, 0.5) is 0 Å². The van der Waals surface area contributed by atoms with Crippen molar-refractivity contribution in [3.63, 3.8) is 0 Å². The molecular weight excluding hydrogens is 506 g/mol. The molecule has 40 heavy (non-hydrogen) atoms. The van der Waals surface area contributed by atoms with E-state index >= 15 is 0 Å². The standard InChI is InChI=1S/C32H25N3O5/c1-39-24-16-13-23(14-17-24)32(38)40-29-18-15-22-8-3-5-11-26(22)28(29)19-34-35-30(36)20-33-31(37)27-12-6-9-21-7-2-4-10-25(21)27/h2-19H,20H2,1H3,(H,33,37)(H,35,36)/b34-19-. The summed E-state index contributed by atoms with van der Waals surface area (Å²) in [7, 11) is 1.55. The zero-order valence-electron chi connectivity index (χ0n) is 21.6. The SMILES string of the molecule is COc1ccc(C(=O)Oc2ccc3ccccc3c2/C=N\NC(=O)CNC(=O)c2cccc3ccccc23)cc1. The van der Waals surface area contributed by atoms with Gasteiger partial charge >= 0.3 is 5.97 Å². The molecule has 5 aromatic rings. The van der Waals surface area contributed by atoms with Crippen LogP contribution in [-0.4, -0.2) is 37.7 Å². The molecule has 2 amide bonds. The molecule has 0 bridgehead atoms. The molecule has 5 rings (SSSR count). The molecule has 0 saturated heterocycles. The van der Waals surface area contributed by atoms with Crippen LogP contribution in [0.2, 0.25) is 0 Å². The summed E-state index contributed by atoms with van der Waals surface area (Å²) in [6.07, 6.45) is 1.42. The predicted octanol–water partition coefficient (Wildman–Crippen LogP) is 5.10. The van der Waals surface area contributed by atoms with E-state index in [4.69, 9.17) is 9.47 Å². The Balaban J connectivity index is 1.28. The van der Waals surface area contributed by atoms with Crippen LogP contribution in [0.1, 0.15) is 26.3 Å². The van der Waals surface area contributed by atoms with Crippen molar-refractivity contribution in [2.45, 2.75) is 0 Å². The van der Waals surface area contributed by atoms with Crippen molar-refractivity contribution in [2.24, 2.45) is 5.10 Å². The van der Waals surface area contributed by atoms with Crippen LogP contribution in [0.5, 0.6) is 11.5 Å². The molecule has 8 heteroatoms. The van der Waals surface area contributed by atoms with Crippen LogP contribution >= 0.6 is 0 Å². The van der Waals surface area contributed by atoms with Gasteiger partial charge in [0.25, 0.3) is 11.8 Å². The number of nitrogens with zero attached hydrogens (tertiary/aromatic N) is 1. The fraction of sp³-hybridized carbons (Fsp3) is 0.0625. The van der Waals surface area contributed by atoms with Crippen LogP contribution < -0.4 is 20.2 Å². The van der Waals surface area contributed by atoms with Gasteiger partial charge in [0.05, 0.1) is 25.4 Å². The summed E-state index contributed by atoms with van der Waals surface area (Å²) < 4.78 is 10.8. The molecule has 0 spiro atoms. The van der Waals surface area contributed by atoms with Crippen molar-refractivity contribution in [1.82, 2.24) is 10.7 Å². The highest BCUT2D eigenvalue weighted by molar-refractivity contribution is 6.08. The Morgan fingerprint density at radius 3 is 2.20 bits per heavy atom. The summed E-state index contributed by atoms with van der Waals surface area (Å²) >= 11 is 0. The highest BCUT2D eigenvalue weighted by Crippen LogP contribution is 2.27. The first-order valence-electron chi connectivity index (χ1n) is 12.5. The van der Waals surface area contributed by atoms with Gasteiger partial charge in [-0.3, -0.25) is 9.59 Å².